The van der Waals surface area contributed by atoms with Crippen molar-refractivity contribution in [1.82, 2.24) is 10.2 Å². The molecule has 1 atom stereocenters. The SMILES string of the molecule is CCCC(=O)N1CCCC(C(=O)NCC(=O)O)C1. The van der Waals surface area contributed by atoms with Crippen LogP contribution in [0, 0.1) is 5.92 Å². The van der Waals surface area contributed by atoms with Gasteiger partial charge in [0.2, 0.25) is 11.8 Å². The first kappa shape index (κ1) is 14.5. The Hall–Kier alpha value is -1.59. The van der Waals surface area contributed by atoms with Gasteiger partial charge >= 0.3 is 5.97 Å². The van der Waals surface area contributed by atoms with Crippen LogP contribution in [0.25, 0.3) is 0 Å². The first-order chi connectivity index (χ1) is 8.54. The van der Waals surface area contributed by atoms with Crippen LogP contribution in [0.2, 0.25) is 0 Å². The highest BCUT2D eigenvalue weighted by Gasteiger charge is 2.27. The van der Waals surface area contributed by atoms with Crippen LogP contribution in [0.1, 0.15) is 32.6 Å². The molecule has 1 aliphatic rings. The number of hydrogen-bond donors (Lipinski definition) is 2. The largest absolute Gasteiger partial charge is 0.480 e. The van der Waals surface area contributed by atoms with E-state index in [0.717, 1.165) is 12.8 Å². The molecule has 6 heteroatoms. The number of aliphatic carboxylic acids is 1. The highest BCUT2D eigenvalue weighted by atomic mass is 16.4. The van der Waals surface area contributed by atoms with Gasteiger partial charge in [-0.15, -0.1) is 0 Å². The van der Waals surface area contributed by atoms with Crippen molar-refractivity contribution in [2.45, 2.75) is 32.6 Å². The number of rotatable bonds is 5. The van der Waals surface area contributed by atoms with Gasteiger partial charge in [-0.3, -0.25) is 14.4 Å². The molecule has 1 heterocycles. The van der Waals surface area contributed by atoms with Gasteiger partial charge in [0.25, 0.3) is 0 Å². The lowest BCUT2D eigenvalue weighted by Gasteiger charge is -2.32. The molecule has 0 radical (unpaired) electrons. The van der Waals surface area contributed by atoms with Crippen LogP contribution in [0.3, 0.4) is 0 Å². The Balaban J connectivity index is 2.45. The van der Waals surface area contributed by atoms with Crippen molar-refractivity contribution < 1.29 is 19.5 Å². The number of carbonyl (C=O) groups is 3. The molecule has 0 aromatic heterocycles. The summed E-state index contributed by atoms with van der Waals surface area (Å²) in [5, 5.41) is 10.9. The molecule has 0 bridgehead atoms. The van der Waals surface area contributed by atoms with E-state index in [9.17, 15) is 14.4 Å². The van der Waals surface area contributed by atoms with Crippen LogP contribution >= 0.6 is 0 Å². The number of likely N-dealkylation sites (tertiary alicyclic amines) is 1. The molecule has 2 N–H and O–H groups in total. The topological polar surface area (TPSA) is 86.7 Å². The number of carboxylic acids is 1. The molecule has 102 valence electrons. The average molecular weight is 256 g/mol. The van der Waals surface area contributed by atoms with E-state index in [2.05, 4.69) is 5.32 Å². The summed E-state index contributed by atoms with van der Waals surface area (Å²) in [7, 11) is 0. The molecule has 0 aliphatic carbocycles. The van der Waals surface area contributed by atoms with Crippen LogP contribution in [0.15, 0.2) is 0 Å². The van der Waals surface area contributed by atoms with Gasteiger partial charge in [-0.2, -0.15) is 0 Å². The van der Waals surface area contributed by atoms with Crippen LogP contribution in [0.5, 0.6) is 0 Å². The van der Waals surface area contributed by atoms with Gasteiger partial charge < -0.3 is 15.3 Å². The normalized spacial score (nSPS) is 19.4. The lowest BCUT2D eigenvalue weighted by atomic mass is 9.97. The Morgan fingerprint density at radius 3 is 2.72 bits per heavy atom. The zero-order valence-electron chi connectivity index (χ0n) is 10.6. The lowest BCUT2D eigenvalue weighted by molar-refractivity contribution is -0.140. The lowest BCUT2D eigenvalue weighted by Crippen LogP contribution is -2.46. The zero-order valence-corrected chi connectivity index (χ0v) is 10.6. The predicted octanol–water partition coefficient (Wildman–Crippen LogP) is 0.226. The Morgan fingerprint density at radius 2 is 2.11 bits per heavy atom. The number of nitrogens with zero attached hydrogens (tertiary/aromatic N) is 1. The molecule has 1 fully saturated rings. The van der Waals surface area contributed by atoms with E-state index in [0.29, 0.717) is 25.9 Å². The maximum atomic E-state index is 11.7. The smallest absolute Gasteiger partial charge is 0.322 e. The Morgan fingerprint density at radius 1 is 1.39 bits per heavy atom. The van der Waals surface area contributed by atoms with Gasteiger partial charge in [-0.25, -0.2) is 0 Å². The molecule has 1 unspecified atom stereocenters. The van der Waals surface area contributed by atoms with E-state index in [-0.39, 0.29) is 24.3 Å². The third kappa shape index (κ3) is 4.35. The molecule has 1 aliphatic heterocycles. The maximum absolute atomic E-state index is 11.7. The minimum atomic E-state index is -1.06. The quantitative estimate of drug-likeness (QED) is 0.737. The summed E-state index contributed by atoms with van der Waals surface area (Å²) in [6.07, 6.45) is 2.80. The van der Waals surface area contributed by atoms with E-state index in [1.165, 1.54) is 0 Å². The molecule has 6 nitrogen and oxygen atoms in total. The highest BCUT2D eigenvalue weighted by molar-refractivity contribution is 5.84. The molecule has 0 aromatic carbocycles. The standard InChI is InChI=1S/C12H20N2O4/c1-2-4-10(15)14-6-3-5-9(8-14)12(18)13-7-11(16)17/h9H,2-8H2,1H3,(H,13,18)(H,16,17). The van der Waals surface area contributed by atoms with E-state index in [1.807, 2.05) is 6.92 Å². The minimum absolute atomic E-state index is 0.0771. The molecule has 1 rings (SSSR count). The Labute approximate surface area is 106 Å². The summed E-state index contributed by atoms with van der Waals surface area (Å²) in [6.45, 7) is 2.68. The molecule has 0 spiro atoms. The van der Waals surface area contributed by atoms with Gasteiger partial charge in [0.1, 0.15) is 6.54 Å². The number of carboxylic acid groups (broad SMARTS) is 1. The Kier molecular flexibility index (Phi) is 5.61. The molecule has 0 aromatic rings. The van der Waals surface area contributed by atoms with Crippen molar-refractivity contribution in [1.29, 1.82) is 0 Å². The molecule has 1 saturated heterocycles. The summed E-state index contributed by atoms with van der Waals surface area (Å²) in [6, 6.07) is 0. The first-order valence-corrected chi connectivity index (χ1v) is 6.31. The first-order valence-electron chi connectivity index (χ1n) is 6.31. The third-order valence-electron chi connectivity index (χ3n) is 3.02. The van der Waals surface area contributed by atoms with Crippen molar-refractivity contribution in [2.24, 2.45) is 5.92 Å². The fourth-order valence-electron chi connectivity index (χ4n) is 2.10. The van der Waals surface area contributed by atoms with Gasteiger partial charge in [0.05, 0.1) is 5.92 Å². The van der Waals surface area contributed by atoms with E-state index in [4.69, 9.17) is 5.11 Å². The highest BCUT2D eigenvalue weighted by Crippen LogP contribution is 2.17. The monoisotopic (exact) mass is 256 g/mol. The van der Waals surface area contributed by atoms with E-state index < -0.39 is 5.97 Å². The van der Waals surface area contributed by atoms with E-state index in [1.54, 1.807) is 4.90 Å². The zero-order chi connectivity index (χ0) is 13.5. The third-order valence-corrected chi connectivity index (χ3v) is 3.02. The van der Waals surface area contributed by atoms with Crippen LogP contribution in [-0.2, 0) is 14.4 Å². The van der Waals surface area contributed by atoms with Gasteiger partial charge in [-0.05, 0) is 19.3 Å². The maximum Gasteiger partial charge on any atom is 0.322 e. The molecular weight excluding hydrogens is 236 g/mol. The number of piperidine rings is 1. The Bertz CT molecular complexity index is 330. The molecular formula is C12H20N2O4. The van der Waals surface area contributed by atoms with Crippen molar-refractivity contribution >= 4 is 17.8 Å². The van der Waals surface area contributed by atoms with E-state index >= 15 is 0 Å². The second-order valence-corrected chi connectivity index (χ2v) is 4.54. The number of amides is 2. The summed E-state index contributed by atoms with van der Waals surface area (Å²) >= 11 is 0. The fraction of sp³-hybridized carbons (Fsp3) is 0.750. The molecule has 0 saturated carbocycles. The summed E-state index contributed by atoms with van der Waals surface area (Å²) in [5.41, 5.74) is 0. The fourth-order valence-corrected chi connectivity index (χ4v) is 2.10. The van der Waals surface area contributed by atoms with Gasteiger partial charge in [0.15, 0.2) is 0 Å². The van der Waals surface area contributed by atoms with Gasteiger partial charge in [-0.1, -0.05) is 6.92 Å². The second-order valence-electron chi connectivity index (χ2n) is 4.54. The molecule has 18 heavy (non-hydrogen) atoms. The summed E-state index contributed by atoms with van der Waals surface area (Å²) in [5.74, 6) is -1.53. The van der Waals surface area contributed by atoms with Crippen LogP contribution in [0.4, 0.5) is 0 Å². The predicted molar refractivity (Wildman–Crippen MR) is 64.9 cm³/mol. The minimum Gasteiger partial charge on any atom is -0.480 e. The number of carbonyl (C=O) groups excluding carboxylic acids is 2. The molecule has 2 amide bonds. The number of nitrogens with one attached hydrogen (secondary N) is 1. The van der Waals surface area contributed by atoms with Crippen molar-refractivity contribution in [2.75, 3.05) is 19.6 Å². The van der Waals surface area contributed by atoms with Crippen molar-refractivity contribution in [3.05, 3.63) is 0 Å². The second kappa shape index (κ2) is 6.98. The van der Waals surface area contributed by atoms with Crippen LogP contribution in [-0.4, -0.2) is 47.4 Å². The van der Waals surface area contributed by atoms with Crippen molar-refractivity contribution in [3.8, 4) is 0 Å². The van der Waals surface area contributed by atoms with Gasteiger partial charge in [0, 0.05) is 19.5 Å². The summed E-state index contributed by atoms with van der Waals surface area (Å²) < 4.78 is 0. The van der Waals surface area contributed by atoms with Crippen molar-refractivity contribution in [3.63, 3.8) is 0 Å². The number of hydrogen-bond acceptors (Lipinski definition) is 3. The van der Waals surface area contributed by atoms with Crippen LogP contribution < -0.4 is 5.32 Å². The average Bonchev–Trinajstić information content (AvgIpc) is 2.36. The summed E-state index contributed by atoms with van der Waals surface area (Å²) in [4.78, 5) is 35.5.